The summed E-state index contributed by atoms with van der Waals surface area (Å²) < 4.78 is 8.33. The number of para-hydroxylation sites is 1. The van der Waals surface area contributed by atoms with E-state index in [0.717, 1.165) is 29.4 Å². The highest BCUT2D eigenvalue weighted by Gasteiger charge is 2.43. The molecule has 2 aliphatic heterocycles. The number of piperidine rings is 1. The quantitative estimate of drug-likeness (QED) is 0.384. The fraction of sp³-hybridized carbons (Fsp3) is 0.222. The van der Waals surface area contributed by atoms with E-state index in [9.17, 15) is 4.79 Å². The van der Waals surface area contributed by atoms with Crippen molar-refractivity contribution in [2.45, 2.75) is 25.0 Å². The number of likely N-dealkylation sites (tertiary alicyclic amines) is 1. The fourth-order valence-electron chi connectivity index (χ4n) is 5.21. The normalized spacial score (nSPS) is 17.1. The van der Waals surface area contributed by atoms with Crippen LogP contribution in [0.2, 0.25) is 5.02 Å². The summed E-state index contributed by atoms with van der Waals surface area (Å²) in [5, 5.41) is 1.58. The van der Waals surface area contributed by atoms with Crippen molar-refractivity contribution in [3.63, 3.8) is 0 Å². The van der Waals surface area contributed by atoms with Gasteiger partial charge in [-0.2, -0.15) is 0 Å². The summed E-state index contributed by atoms with van der Waals surface area (Å²) >= 11 is 6.30. The van der Waals surface area contributed by atoms with E-state index < -0.39 is 0 Å². The summed E-state index contributed by atoms with van der Waals surface area (Å²) in [7, 11) is 0. The smallest absolute Gasteiger partial charge is 0.256 e. The lowest BCUT2D eigenvalue weighted by Gasteiger charge is -2.39. The largest absolute Gasteiger partial charge is 0.365 e. The Morgan fingerprint density at radius 3 is 2.50 bits per heavy atom. The number of aromatic nitrogens is 1. The molecule has 4 nitrogen and oxygen atoms in total. The lowest BCUT2D eigenvalue weighted by molar-refractivity contribution is -0.0741. The summed E-state index contributed by atoms with van der Waals surface area (Å²) in [6.45, 7) is 2.02. The van der Waals surface area contributed by atoms with Gasteiger partial charge in [0.15, 0.2) is 0 Å². The van der Waals surface area contributed by atoms with Gasteiger partial charge >= 0.3 is 0 Å². The van der Waals surface area contributed by atoms with E-state index >= 15 is 0 Å². The molecule has 1 amide bonds. The van der Waals surface area contributed by atoms with Crippen LogP contribution in [0.3, 0.4) is 0 Å². The molecule has 1 fully saturated rings. The fourth-order valence-corrected chi connectivity index (χ4v) is 5.38. The highest BCUT2D eigenvalue weighted by Crippen LogP contribution is 2.44. The van der Waals surface area contributed by atoms with Gasteiger partial charge in [-0.15, -0.1) is 0 Å². The van der Waals surface area contributed by atoms with Gasteiger partial charge in [-0.3, -0.25) is 4.79 Å². The number of fused-ring (bicyclic) bond motifs is 3. The minimum Gasteiger partial charge on any atom is -0.365 e. The van der Waals surface area contributed by atoms with Crippen LogP contribution in [0.5, 0.6) is 0 Å². The third-order valence-electron chi connectivity index (χ3n) is 6.90. The number of amides is 1. The maximum atomic E-state index is 13.6. The maximum Gasteiger partial charge on any atom is 0.256 e. The average molecular weight is 443 g/mol. The molecule has 1 aromatic heterocycles. The zero-order chi connectivity index (χ0) is 21.7. The number of carbonyl (C=O) groups is 1. The van der Waals surface area contributed by atoms with Crippen LogP contribution < -0.4 is 0 Å². The van der Waals surface area contributed by atoms with Gasteiger partial charge in [-0.25, -0.2) is 0 Å². The van der Waals surface area contributed by atoms with Crippen molar-refractivity contribution in [1.29, 1.82) is 0 Å². The first kappa shape index (κ1) is 19.6. The maximum absolute atomic E-state index is 13.6. The molecule has 3 aromatic carbocycles. The van der Waals surface area contributed by atoms with Gasteiger partial charge in [0.25, 0.3) is 5.91 Å². The number of rotatable bonds is 2. The summed E-state index contributed by atoms with van der Waals surface area (Å²) in [4.78, 5) is 15.6. The van der Waals surface area contributed by atoms with Gasteiger partial charge in [0.2, 0.25) is 0 Å². The molecule has 0 bridgehead atoms. The van der Waals surface area contributed by atoms with E-state index in [2.05, 4.69) is 28.8 Å². The summed E-state index contributed by atoms with van der Waals surface area (Å²) in [5.74, 6) is 0.0631. The second-order valence-electron chi connectivity index (χ2n) is 8.64. The zero-order valence-electron chi connectivity index (χ0n) is 17.6. The van der Waals surface area contributed by atoms with Crippen molar-refractivity contribution >= 4 is 28.4 Å². The molecule has 0 radical (unpaired) electrons. The van der Waals surface area contributed by atoms with Crippen LogP contribution in [0.1, 0.15) is 34.3 Å². The van der Waals surface area contributed by atoms with Crippen molar-refractivity contribution in [2.24, 2.45) is 0 Å². The predicted octanol–water partition coefficient (Wildman–Crippen LogP) is 5.95. The van der Waals surface area contributed by atoms with Gasteiger partial charge in [-0.05, 0) is 48.2 Å². The molecule has 160 valence electrons. The number of carbonyl (C=O) groups excluding carboxylic acids is 1. The molecule has 4 aromatic rings. The molecule has 3 heterocycles. The first-order chi connectivity index (χ1) is 15.6. The second kappa shape index (κ2) is 7.51. The van der Waals surface area contributed by atoms with Crippen LogP contribution in [0.25, 0.3) is 16.6 Å². The number of hydrogen-bond acceptors (Lipinski definition) is 2. The van der Waals surface area contributed by atoms with Crippen LogP contribution in [-0.4, -0.2) is 28.5 Å². The van der Waals surface area contributed by atoms with Gasteiger partial charge < -0.3 is 14.2 Å². The molecule has 0 aliphatic carbocycles. The minimum absolute atomic E-state index is 0.0631. The number of ether oxygens (including phenoxy) is 1. The van der Waals surface area contributed by atoms with Crippen molar-refractivity contribution in [2.75, 3.05) is 13.1 Å². The van der Waals surface area contributed by atoms with Gasteiger partial charge in [-0.1, -0.05) is 60.1 Å². The molecule has 1 saturated heterocycles. The van der Waals surface area contributed by atoms with Crippen LogP contribution in [0, 0.1) is 0 Å². The molecule has 6 rings (SSSR count). The Bertz CT molecular complexity index is 1320. The highest BCUT2D eigenvalue weighted by atomic mass is 35.5. The molecule has 2 aliphatic rings. The third-order valence-corrected chi connectivity index (χ3v) is 7.14. The molecule has 5 heteroatoms. The van der Waals surface area contributed by atoms with E-state index in [4.69, 9.17) is 16.3 Å². The van der Waals surface area contributed by atoms with Gasteiger partial charge in [0.05, 0.1) is 23.3 Å². The highest BCUT2D eigenvalue weighted by molar-refractivity contribution is 6.31. The summed E-state index contributed by atoms with van der Waals surface area (Å²) in [5.41, 5.74) is 4.97. The van der Waals surface area contributed by atoms with E-state index in [1.165, 1.54) is 11.1 Å². The van der Waals surface area contributed by atoms with Crippen molar-refractivity contribution < 1.29 is 9.53 Å². The molecule has 1 spiro atoms. The Balaban J connectivity index is 1.32. The van der Waals surface area contributed by atoms with Crippen molar-refractivity contribution in [3.05, 3.63) is 101 Å². The topological polar surface area (TPSA) is 34.5 Å². The van der Waals surface area contributed by atoms with E-state index in [-0.39, 0.29) is 11.5 Å². The first-order valence-electron chi connectivity index (χ1n) is 11.0. The molecule has 0 atom stereocenters. The molecule has 0 saturated carbocycles. The number of hydrogen-bond donors (Lipinski definition) is 0. The summed E-state index contributed by atoms with van der Waals surface area (Å²) in [6, 6.07) is 24.2. The van der Waals surface area contributed by atoms with Gasteiger partial charge in [0, 0.05) is 35.4 Å². The van der Waals surface area contributed by atoms with Crippen LogP contribution in [0.4, 0.5) is 0 Å². The molecule has 0 unspecified atom stereocenters. The predicted molar refractivity (Wildman–Crippen MR) is 126 cm³/mol. The Hall–Kier alpha value is -3.08. The Morgan fingerprint density at radius 2 is 1.69 bits per heavy atom. The molecular weight excluding hydrogens is 420 g/mol. The standard InChI is InChI=1S/C27H23ClN2O2/c28-20-10-11-22-23(17-30(25(22)16-20)21-7-2-1-3-8-21)26(31)29-14-12-27(13-15-29)24-9-5-4-6-19(24)18-32-27/h1-11,16-17H,12-15,18H2. The van der Waals surface area contributed by atoms with Crippen LogP contribution in [0.15, 0.2) is 79.0 Å². The third kappa shape index (κ3) is 3.06. The monoisotopic (exact) mass is 442 g/mol. The first-order valence-corrected chi connectivity index (χ1v) is 11.4. The zero-order valence-corrected chi connectivity index (χ0v) is 18.4. The Labute approximate surface area is 192 Å². The lowest BCUT2D eigenvalue weighted by atomic mass is 9.83. The van der Waals surface area contributed by atoms with Crippen LogP contribution >= 0.6 is 11.6 Å². The second-order valence-corrected chi connectivity index (χ2v) is 9.08. The number of benzene rings is 3. The molecule has 0 N–H and O–H groups in total. The minimum atomic E-state index is -0.251. The number of nitrogens with zero attached hydrogens (tertiary/aromatic N) is 2. The van der Waals surface area contributed by atoms with Gasteiger partial charge in [0.1, 0.15) is 0 Å². The lowest BCUT2D eigenvalue weighted by Crippen LogP contribution is -2.45. The van der Waals surface area contributed by atoms with E-state index in [1.807, 2.05) is 59.6 Å². The van der Waals surface area contributed by atoms with Crippen molar-refractivity contribution in [3.8, 4) is 5.69 Å². The summed E-state index contributed by atoms with van der Waals surface area (Å²) in [6.07, 6.45) is 3.59. The molecule has 32 heavy (non-hydrogen) atoms. The van der Waals surface area contributed by atoms with Crippen LogP contribution in [-0.2, 0) is 16.9 Å². The van der Waals surface area contributed by atoms with E-state index in [0.29, 0.717) is 30.3 Å². The Kier molecular flexibility index (Phi) is 4.60. The molecular formula is C27H23ClN2O2. The number of halogens is 1. The Morgan fingerprint density at radius 1 is 0.938 bits per heavy atom. The van der Waals surface area contributed by atoms with E-state index in [1.54, 1.807) is 0 Å². The van der Waals surface area contributed by atoms with Crippen molar-refractivity contribution in [1.82, 2.24) is 9.47 Å². The SMILES string of the molecule is O=C(c1cn(-c2ccccc2)c2cc(Cl)ccc12)N1CCC2(CC1)OCc1ccccc12. The average Bonchev–Trinajstić information content (AvgIpc) is 3.39.